The minimum absolute atomic E-state index is 0.312. The Morgan fingerprint density at radius 1 is 1.50 bits per heavy atom. The molecule has 0 spiro atoms. The van der Waals surface area contributed by atoms with Crippen LogP contribution in [0.2, 0.25) is 0 Å². The molecule has 0 radical (unpaired) electrons. The predicted octanol–water partition coefficient (Wildman–Crippen LogP) is 2.35. The summed E-state index contributed by atoms with van der Waals surface area (Å²) >= 11 is 0. The molecular formula is C14H17N3O3. The van der Waals surface area contributed by atoms with Crippen LogP contribution >= 0.6 is 0 Å². The number of hydrogen-bond donors (Lipinski definition) is 2. The molecule has 1 aromatic heterocycles. The lowest BCUT2D eigenvalue weighted by Gasteiger charge is -2.12. The van der Waals surface area contributed by atoms with Gasteiger partial charge in [0, 0.05) is 0 Å². The number of benzene rings is 1. The van der Waals surface area contributed by atoms with E-state index in [4.69, 9.17) is 14.9 Å². The van der Waals surface area contributed by atoms with E-state index in [2.05, 4.69) is 10.3 Å². The first-order chi connectivity index (χ1) is 9.61. The van der Waals surface area contributed by atoms with Gasteiger partial charge in [0.05, 0.1) is 36.3 Å². The summed E-state index contributed by atoms with van der Waals surface area (Å²) in [6.45, 7) is 4.23. The minimum atomic E-state index is -0.411. The molecule has 0 aliphatic rings. The van der Waals surface area contributed by atoms with Crippen LogP contribution in [0.15, 0.2) is 28.8 Å². The molecule has 2 rings (SSSR count). The van der Waals surface area contributed by atoms with Gasteiger partial charge in [-0.1, -0.05) is 6.07 Å². The van der Waals surface area contributed by atoms with Gasteiger partial charge in [0.25, 0.3) is 0 Å². The SMILES string of the molecule is CCOC(=O)c1cccc(N)c1NCc1ncc(C)o1. The maximum absolute atomic E-state index is 11.9. The van der Waals surface area contributed by atoms with Crippen LogP contribution in [0.25, 0.3) is 0 Å². The van der Waals surface area contributed by atoms with Gasteiger partial charge in [-0.2, -0.15) is 0 Å². The zero-order chi connectivity index (χ0) is 14.5. The standard InChI is InChI=1S/C14H17N3O3/c1-3-19-14(18)10-5-4-6-11(15)13(10)17-8-12-16-7-9(2)20-12/h4-7,17H,3,8,15H2,1-2H3. The molecule has 6 heteroatoms. The van der Waals surface area contributed by atoms with Crippen LogP contribution in [0.3, 0.4) is 0 Å². The summed E-state index contributed by atoms with van der Waals surface area (Å²) in [4.78, 5) is 16.0. The van der Waals surface area contributed by atoms with Crippen molar-refractivity contribution in [2.24, 2.45) is 0 Å². The highest BCUT2D eigenvalue weighted by Crippen LogP contribution is 2.25. The second-order valence-electron chi connectivity index (χ2n) is 4.21. The number of nitrogens with one attached hydrogen (secondary N) is 1. The Balaban J connectivity index is 2.19. The summed E-state index contributed by atoms with van der Waals surface area (Å²) in [6, 6.07) is 5.09. The average molecular weight is 275 g/mol. The molecule has 20 heavy (non-hydrogen) atoms. The van der Waals surface area contributed by atoms with Crippen molar-refractivity contribution in [3.63, 3.8) is 0 Å². The number of aromatic nitrogens is 1. The van der Waals surface area contributed by atoms with Crippen molar-refractivity contribution in [1.29, 1.82) is 0 Å². The molecule has 3 N–H and O–H groups in total. The Kier molecular flexibility index (Phi) is 4.24. The zero-order valence-electron chi connectivity index (χ0n) is 11.5. The molecule has 0 saturated heterocycles. The number of aryl methyl sites for hydroxylation is 1. The van der Waals surface area contributed by atoms with Crippen molar-refractivity contribution in [1.82, 2.24) is 4.98 Å². The molecule has 0 atom stereocenters. The summed E-state index contributed by atoms with van der Waals surface area (Å²) in [5.74, 6) is 0.847. The van der Waals surface area contributed by atoms with Gasteiger partial charge in [0.2, 0.25) is 5.89 Å². The molecular weight excluding hydrogens is 258 g/mol. The van der Waals surface area contributed by atoms with Gasteiger partial charge in [0.1, 0.15) is 5.76 Å². The van der Waals surface area contributed by atoms with Crippen LogP contribution in [0.1, 0.15) is 28.9 Å². The van der Waals surface area contributed by atoms with Gasteiger partial charge >= 0.3 is 5.97 Å². The molecule has 2 aromatic rings. The molecule has 0 fully saturated rings. The molecule has 0 unspecified atom stereocenters. The molecule has 0 aliphatic carbocycles. The Morgan fingerprint density at radius 2 is 2.30 bits per heavy atom. The normalized spacial score (nSPS) is 10.3. The quantitative estimate of drug-likeness (QED) is 0.643. The van der Waals surface area contributed by atoms with E-state index in [0.29, 0.717) is 36.0 Å². The van der Waals surface area contributed by atoms with E-state index in [-0.39, 0.29) is 0 Å². The van der Waals surface area contributed by atoms with Gasteiger partial charge in [-0.3, -0.25) is 0 Å². The number of esters is 1. The smallest absolute Gasteiger partial charge is 0.340 e. The average Bonchev–Trinajstić information content (AvgIpc) is 2.83. The number of nitrogens with two attached hydrogens (primary N) is 1. The van der Waals surface area contributed by atoms with E-state index in [1.54, 1.807) is 31.3 Å². The molecule has 0 aliphatic heterocycles. The van der Waals surface area contributed by atoms with Crippen molar-refractivity contribution < 1.29 is 13.9 Å². The van der Waals surface area contributed by atoms with E-state index in [9.17, 15) is 4.79 Å². The third-order valence-electron chi connectivity index (χ3n) is 2.68. The third kappa shape index (κ3) is 3.09. The van der Waals surface area contributed by atoms with Crippen LogP contribution in [-0.2, 0) is 11.3 Å². The fraction of sp³-hybridized carbons (Fsp3) is 0.286. The number of para-hydroxylation sites is 1. The van der Waals surface area contributed by atoms with Crippen molar-refractivity contribution in [2.45, 2.75) is 20.4 Å². The van der Waals surface area contributed by atoms with E-state index in [1.807, 2.05) is 6.92 Å². The van der Waals surface area contributed by atoms with Crippen LogP contribution in [-0.4, -0.2) is 17.6 Å². The Bertz CT molecular complexity index is 607. The molecule has 106 valence electrons. The van der Waals surface area contributed by atoms with E-state index in [0.717, 1.165) is 5.76 Å². The monoisotopic (exact) mass is 275 g/mol. The van der Waals surface area contributed by atoms with Crippen LogP contribution in [0, 0.1) is 6.92 Å². The lowest BCUT2D eigenvalue weighted by molar-refractivity contribution is 0.0527. The first-order valence-electron chi connectivity index (χ1n) is 6.32. The summed E-state index contributed by atoms with van der Waals surface area (Å²) < 4.78 is 10.4. The number of anilines is 2. The topological polar surface area (TPSA) is 90.4 Å². The fourth-order valence-corrected chi connectivity index (χ4v) is 1.79. The van der Waals surface area contributed by atoms with Gasteiger partial charge in [0.15, 0.2) is 0 Å². The zero-order valence-corrected chi connectivity index (χ0v) is 11.5. The number of carbonyl (C=O) groups excluding carboxylic acids is 1. The Hall–Kier alpha value is -2.50. The van der Waals surface area contributed by atoms with Gasteiger partial charge in [-0.25, -0.2) is 9.78 Å². The molecule has 0 amide bonds. The molecule has 0 saturated carbocycles. The van der Waals surface area contributed by atoms with Crippen molar-refractivity contribution in [3.05, 3.63) is 41.6 Å². The summed E-state index contributed by atoms with van der Waals surface area (Å²) in [5.41, 5.74) is 7.30. The molecule has 0 bridgehead atoms. The second kappa shape index (κ2) is 6.10. The summed E-state index contributed by atoms with van der Waals surface area (Å²) in [5, 5.41) is 3.07. The van der Waals surface area contributed by atoms with Crippen LogP contribution in [0.5, 0.6) is 0 Å². The van der Waals surface area contributed by atoms with E-state index >= 15 is 0 Å². The van der Waals surface area contributed by atoms with Gasteiger partial charge < -0.3 is 20.2 Å². The number of hydrogen-bond acceptors (Lipinski definition) is 6. The lowest BCUT2D eigenvalue weighted by Crippen LogP contribution is -2.11. The molecule has 1 heterocycles. The fourth-order valence-electron chi connectivity index (χ4n) is 1.79. The Labute approximate surface area is 116 Å². The van der Waals surface area contributed by atoms with Crippen molar-refractivity contribution >= 4 is 17.3 Å². The maximum Gasteiger partial charge on any atom is 0.340 e. The lowest BCUT2D eigenvalue weighted by atomic mass is 10.1. The number of rotatable bonds is 5. The van der Waals surface area contributed by atoms with Crippen LogP contribution < -0.4 is 11.1 Å². The largest absolute Gasteiger partial charge is 0.462 e. The minimum Gasteiger partial charge on any atom is -0.462 e. The number of nitrogens with zero attached hydrogens (tertiary/aromatic N) is 1. The number of oxazole rings is 1. The highest BCUT2D eigenvalue weighted by Gasteiger charge is 2.15. The molecule has 1 aromatic carbocycles. The first kappa shape index (κ1) is 13.9. The van der Waals surface area contributed by atoms with E-state index in [1.165, 1.54) is 0 Å². The predicted molar refractivity (Wildman–Crippen MR) is 75.4 cm³/mol. The van der Waals surface area contributed by atoms with Crippen molar-refractivity contribution in [2.75, 3.05) is 17.7 Å². The summed E-state index contributed by atoms with van der Waals surface area (Å²) in [6.07, 6.45) is 1.64. The number of carbonyl (C=O) groups is 1. The molecule has 6 nitrogen and oxygen atoms in total. The summed E-state index contributed by atoms with van der Waals surface area (Å²) in [7, 11) is 0. The Morgan fingerprint density at radius 3 is 2.95 bits per heavy atom. The number of ether oxygens (including phenoxy) is 1. The number of nitrogen functional groups attached to an aromatic ring is 1. The van der Waals surface area contributed by atoms with Crippen LogP contribution in [0.4, 0.5) is 11.4 Å². The van der Waals surface area contributed by atoms with E-state index < -0.39 is 5.97 Å². The second-order valence-corrected chi connectivity index (χ2v) is 4.21. The van der Waals surface area contributed by atoms with Gasteiger partial charge in [-0.05, 0) is 26.0 Å². The third-order valence-corrected chi connectivity index (χ3v) is 2.68. The highest BCUT2D eigenvalue weighted by molar-refractivity contribution is 5.98. The highest BCUT2D eigenvalue weighted by atomic mass is 16.5. The van der Waals surface area contributed by atoms with Gasteiger partial charge in [-0.15, -0.1) is 0 Å². The maximum atomic E-state index is 11.9. The first-order valence-corrected chi connectivity index (χ1v) is 6.32. The van der Waals surface area contributed by atoms with Crippen molar-refractivity contribution in [3.8, 4) is 0 Å².